The number of benzene rings is 2. The second-order valence-corrected chi connectivity index (χ2v) is 11.7. The molecule has 2 aromatic rings. The van der Waals surface area contributed by atoms with E-state index in [-0.39, 0.29) is 40.2 Å². The van der Waals surface area contributed by atoms with E-state index in [1.807, 2.05) is 0 Å². The van der Waals surface area contributed by atoms with Crippen LogP contribution in [-0.2, 0) is 25.5 Å². The molecule has 1 saturated heterocycles. The molecule has 3 aliphatic rings. The molecule has 13 nitrogen and oxygen atoms in total. The standard InChI is InChI=1S/C32H35NO12/c1-13(8-14(2)35)33-18-9-22(44-15(3)27(18)37)45-20-11-32(42,21(36)12-34)10-17-24(20)31(41)26-25(29(17)39)28(38)16-6-5-7-19(43-4)23(16)30(26)40/h5-8,15,18,20,22,27,33-34,37,39,41-42H,9-12H2,1-4H3. The first kappa shape index (κ1) is 32.3. The van der Waals surface area contributed by atoms with Crippen LogP contribution in [0.5, 0.6) is 17.2 Å². The summed E-state index contributed by atoms with van der Waals surface area (Å²) >= 11 is 0. The van der Waals surface area contributed by atoms with Gasteiger partial charge in [0.15, 0.2) is 23.6 Å². The topological polar surface area (TPSA) is 209 Å². The van der Waals surface area contributed by atoms with E-state index in [0.717, 1.165) is 0 Å². The lowest BCUT2D eigenvalue weighted by atomic mass is 9.72. The van der Waals surface area contributed by atoms with E-state index in [2.05, 4.69) is 5.32 Å². The van der Waals surface area contributed by atoms with Gasteiger partial charge in [0, 0.05) is 41.6 Å². The Bertz CT molecular complexity index is 1630. The summed E-state index contributed by atoms with van der Waals surface area (Å²) in [6, 6.07) is 3.68. The Morgan fingerprint density at radius 2 is 1.80 bits per heavy atom. The molecule has 0 spiro atoms. The molecule has 1 heterocycles. The molecule has 6 N–H and O–H groups in total. The van der Waals surface area contributed by atoms with Gasteiger partial charge >= 0.3 is 0 Å². The van der Waals surface area contributed by atoms with Crippen LogP contribution in [-0.4, -0.2) is 92.5 Å². The first-order valence-electron chi connectivity index (χ1n) is 14.4. The predicted octanol–water partition coefficient (Wildman–Crippen LogP) is 1.12. The number of phenolic OH excluding ortho intramolecular Hbond substituents is 2. The average Bonchev–Trinajstić information content (AvgIpc) is 2.98. The van der Waals surface area contributed by atoms with Gasteiger partial charge in [0.05, 0.1) is 42.0 Å². The number of nitrogens with one attached hydrogen (secondary N) is 1. The number of Topliss-reactive ketones (excluding diaryl/α,β-unsaturated/α-hetero) is 1. The van der Waals surface area contributed by atoms with Crippen LogP contribution in [0.25, 0.3) is 0 Å². The molecule has 1 fully saturated rings. The number of ketones is 4. The quantitative estimate of drug-likeness (QED) is 0.153. The van der Waals surface area contributed by atoms with Crippen LogP contribution >= 0.6 is 0 Å². The summed E-state index contributed by atoms with van der Waals surface area (Å²) < 4.78 is 17.4. The first-order chi connectivity index (χ1) is 21.2. The Kier molecular flexibility index (Phi) is 8.59. The Labute approximate surface area is 258 Å². The average molecular weight is 626 g/mol. The highest BCUT2D eigenvalue weighted by Crippen LogP contribution is 2.52. The highest BCUT2D eigenvalue weighted by molar-refractivity contribution is 6.31. The maximum absolute atomic E-state index is 13.8. The van der Waals surface area contributed by atoms with Crippen molar-refractivity contribution in [2.45, 2.75) is 76.3 Å². The van der Waals surface area contributed by atoms with Crippen molar-refractivity contribution in [3.05, 3.63) is 63.4 Å². The molecule has 0 aromatic heterocycles. The van der Waals surface area contributed by atoms with Gasteiger partial charge in [-0.2, -0.15) is 0 Å². The summed E-state index contributed by atoms with van der Waals surface area (Å²) in [5.74, 6) is -4.10. The number of fused-ring (bicyclic) bond motifs is 3. The van der Waals surface area contributed by atoms with Gasteiger partial charge in [-0.1, -0.05) is 12.1 Å². The number of rotatable bonds is 8. The van der Waals surface area contributed by atoms with Crippen molar-refractivity contribution in [3.8, 4) is 17.2 Å². The summed E-state index contributed by atoms with van der Waals surface area (Å²) in [7, 11) is 1.32. The minimum Gasteiger partial charge on any atom is -0.507 e. The monoisotopic (exact) mass is 625 g/mol. The molecule has 1 aliphatic heterocycles. The number of carbonyl (C=O) groups excluding carboxylic acids is 4. The minimum atomic E-state index is -2.29. The Hall–Kier alpha value is -4.14. The summed E-state index contributed by atoms with van der Waals surface area (Å²) in [5, 5.41) is 58.0. The molecule has 2 aromatic carbocycles. The van der Waals surface area contributed by atoms with Crippen LogP contribution < -0.4 is 10.1 Å². The zero-order chi connectivity index (χ0) is 33.0. The molecule has 0 radical (unpaired) electrons. The molecule has 45 heavy (non-hydrogen) atoms. The molecule has 0 amide bonds. The zero-order valence-electron chi connectivity index (χ0n) is 25.1. The molecule has 13 heteroatoms. The van der Waals surface area contributed by atoms with Crippen molar-refractivity contribution >= 4 is 23.1 Å². The highest BCUT2D eigenvalue weighted by atomic mass is 16.7. The minimum absolute atomic E-state index is 0.00642. The highest BCUT2D eigenvalue weighted by Gasteiger charge is 2.50. The Morgan fingerprint density at radius 3 is 2.44 bits per heavy atom. The second-order valence-electron chi connectivity index (χ2n) is 11.7. The SMILES string of the molecule is COc1cccc2c1C(=O)c1c(O)c3c(c(O)c1C2=O)CC(O)(C(=O)CO)CC3OC1CC(NC(C)=CC(C)=O)C(O)C(C)O1. The third-order valence-electron chi connectivity index (χ3n) is 8.59. The van der Waals surface area contributed by atoms with Crippen molar-refractivity contribution in [3.63, 3.8) is 0 Å². The normalized spacial score (nSPS) is 27.7. The van der Waals surface area contributed by atoms with Gasteiger partial charge in [0.25, 0.3) is 0 Å². The van der Waals surface area contributed by atoms with E-state index in [9.17, 15) is 44.7 Å². The number of methoxy groups -OCH3 is 1. The van der Waals surface area contributed by atoms with Crippen molar-refractivity contribution < 1.29 is 58.9 Å². The van der Waals surface area contributed by atoms with Crippen molar-refractivity contribution in [2.75, 3.05) is 13.7 Å². The van der Waals surface area contributed by atoms with Gasteiger partial charge in [-0.15, -0.1) is 0 Å². The molecule has 6 unspecified atom stereocenters. The molecule has 0 saturated carbocycles. The van der Waals surface area contributed by atoms with Crippen molar-refractivity contribution in [2.24, 2.45) is 0 Å². The predicted molar refractivity (Wildman–Crippen MR) is 155 cm³/mol. The van der Waals surface area contributed by atoms with E-state index in [1.54, 1.807) is 13.8 Å². The third kappa shape index (κ3) is 5.51. The van der Waals surface area contributed by atoms with Crippen LogP contribution in [0.15, 0.2) is 30.0 Å². The fourth-order valence-electron chi connectivity index (χ4n) is 6.50. The van der Waals surface area contributed by atoms with Crippen molar-refractivity contribution in [1.82, 2.24) is 5.32 Å². The molecule has 2 aliphatic carbocycles. The fraction of sp³-hybridized carbons (Fsp3) is 0.438. The second kappa shape index (κ2) is 12.0. The van der Waals surface area contributed by atoms with E-state index >= 15 is 0 Å². The zero-order valence-corrected chi connectivity index (χ0v) is 25.1. The summed E-state index contributed by atoms with van der Waals surface area (Å²) in [4.78, 5) is 51.8. The van der Waals surface area contributed by atoms with E-state index < -0.39 is 95.7 Å². The fourth-order valence-corrected chi connectivity index (χ4v) is 6.50. The summed E-state index contributed by atoms with van der Waals surface area (Å²) in [6.07, 6.45) is -4.06. The molecular weight excluding hydrogens is 590 g/mol. The molecule has 240 valence electrons. The third-order valence-corrected chi connectivity index (χ3v) is 8.59. The lowest BCUT2D eigenvalue weighted by Gasteiger charge is -2.43. The molecule has 6 atom stereocenters. The number of aliphatic hydroxyl groups is 3. The van der Waals surface area contributed by atoms with Gasteiger partial charge < -0.3 is 45.1 Å². The number of allylic oxidation sites excluding steroid dienone is 2. The van der Waals surface area contributed by atoms with Crippen LogP contribution in [0, 0.1) is 0 Å². The van der Waals surface area contributed by atoms with Crippen LogP contribution in [0.2, 0.25) is 0 Å². The first-order valence-corrected chi connectivity index (χ1v) is 14.4. The van der Waals surface area contributed by atoms with Gasteiger partial charge in [0.2, 0.25) is 5.78 Å². The van der Waals surface area contributed by atoms with Gasteiger partial charge in [-0.3, -0.25) is 19.2 Å². The lowest BCUT2D eigenvalue weighted by Crippen LogP contribution is -2.54. The van der Waals surface area contributed by atoms with Gasteiger partial charge in [0.1, 0.15) is 35.6 Å². The Morgan fingerprint density at radius 1 is 1.11 bits per heavy atom. The summed E-state index contributed by atoms with van der Waals surface area (Å²) in [6.45, 7) is 3.58. The smallest absolute Gasteiger partial charge is 0.202 e. The number of hydrogen-bond acceptors (Lipinski definition) is 13. The number of carbonyl (C=O) groups is 4. The van der Waals surface area contributed by atoms with Gasteiger partial charge in [-0.05, 0) is 32.9 Å². The Balaban J connectivity index is 1.61. The van der Waals surface area contributed by atoms with Crippen LogP contribution in [0.3, 0.4) is 0 Å². The molecule has 5 rings (SSSR count). The number of aromatic hydroxyl groups is 2. The van der Waals surface area contributed by atoms with Crippen LogP contribution in [0.1, 0.15) is 82.7 Å². The summed E-state index contributed by atoms with van der Waals surface area (Å²) in [5.41, 5.74) is -3.31. The van der Waals surface area contributed by atoms with Crippen molar-refractivity contribution in [1.29, 1.82) is 0 Å². The number of ether oxygens (including phenoxy) is 3. The van der Waals surface area contributed by atoms with Crippen LogP contribution in [0.4, 0.5) is 0 Å². The van der Waals surface area contributed by atoms with E-state index in [1.165, 1.54) is 38.3 Å². The number of phenols is 2. The maximum atomic E-state index is 13.8. The largest absolute Gasteiger partial charge is 0.507 e. The van der Waals surface area contributed by atoms with Gasteiger partial charge in [-0.25, -0.2) is 0 Å². The van der Waals surface area contributed by atoms with E-state index in [0.29, 0.717) is 5.70 Å². The maximum Gasteiger partial charge on any atom is 0.202 e. The number of hydrogen-bond donors (Lipinski definition) is 6. The molecular formula is C32H35NO12. The number of aliphatic hydroxyl groups excluding tert-OH is 2. The molecule has 0 bridgehead atoms. The van der Waals surface area contributed by atoms with E-state index in [4.69, 9.17) is 14.2 Å². The lowest BCUT2D eigenvalue weighted by molar-refractivity contribution is -0.249.